The van der Waals surface area contributed by atoms with Crippen molar-refractivity contribution in [1.29, 1.82) is 0 Å². The molecule has 1 saturated heterocycles. The molecule has 6 rings (SSSR count). The second-order valence-corrected chi connectivity index (χ2v) is 10.2. The Morgan fingerprint density at radius 3 is 2.68 bits per heavy atom. The first-order valence-electron chi connectivity index (χ1n) is 12.6. The van der Waals surface area contributed by atoms with Gasteiger partial charge in [-0.05, 0) is 13.0 Å². The van der Waals surface area contributed by atoms with Crippen molar-refractivity contribution in [2.24, 2.45) is 0 Å². The van der Waals surface area contributed by atoms with Gasteiger partial charge >= 0.3 is 0 Å². The minimum Gasteiger partial charge on any atom is -0.492 e. The van der Waals surface area contributed by atoms with Crippen molar-refractivity contribution < 1.29 is 9.53 Å². The van der Waals surface area contributed by atoms with Gasteiger partial charge in [0, 0.05) is 57.5 Å². The van der Waals surface area contributed by atoms with Crippen LogP contribution in [0.1, 0.15) is 12.6 Å². The van der Waals surface area contributed by atoms with Gasteiger partial charge in [-0.3, -0.25) is 14.8 Å². The first-order chi connectivity index (χ1) is 18.6. The van der Waals surface area contributed by atoms with E-state index in [-0.39, 0.29) is 5.91 Å². The molecule has 1 aromatic carbocycles. The van der Waals surface area contributed by atoms with Crippen LogP contribution in [0.5, 0.6) is 5.75 Å². The predicted molar refractivity (Wildman–Crippen MR) is 146 cm³/mol. The summed E-state index contributed by atoms with van der Waals surface area (Å²) in [5, 5.41) is 12.7. The molecule has 10 nitrogen and oxygen atoms in total. The molecule has 1 aliphatic heterocycles. The molecule has 0 saturated carbocycles. The number of H-pyrrole nitrogens is 1. The van der Waals surface area contributed by atoms with E-state index in [0.29, 0.717) is 12.4 Å². The van der Waals surface area contributed by atoms with Crippen LogP contribution in [-0.2, 0) is 4.79 Å². The van der Waals surface area contributed by atoms with Crippen molar-refractivity contribution in [1.82, 2.24) is 39.6 Å². The van der Waals surface area contributed by atoms with Crippen molar-refractivity contribution in [3.63, 3.8) is 0 Å². The van der Waals surface area contributed by atoms with Gasteiger partial charge in [-0.1, -0.05) is 30.3 Å². The number of thiazole rings is 1. The summed E-state index contributed by atoms with van der Waals surface area (Å²) >= 11 is 1.56. The summed E-state index contributed by atoms with van der Waals surface area (Å²) < 4.78 is 8.01. The Morgan fingerprint density at radius 1 is 1.13 bits per heavy atom. The maximum Gasteiger partial charge on any atom is 0.219 e. The molecular formula is C27H28N8O2S. The van der Waals surface area contributed by atoms with Gasteiger partial charge in [0.2, 0.25) is 5.91 Å². The molecule has 1 aliphatic rings. The lowest BCUT2D eigenvalue weighted by Gasteiger charge is -2.34. The van der Waals surface area contributed by atoms with Crippen molar-refractivity contribution in [2.75, 3.05) is 39.3 Å². The molecule has 0 atom stereocenters. The van der Waals surface area contributed by atoms with E-state index in [1.807, 2.05) is 65.0 Å². The smallest absolute Gasteiger partial charge is 0.219 e. The molecule has 0 spiro atoms. The Hall–Kier alpha value is -4.09. The van der Waals surface area contributed by atoms with Crippen LogP contribution in [0.4, 0.5) is 0 Å². The third-order valence-corrected chi connectivity index (χ3v) is 7.85. The number of hydrogen-bond donors (Lipinski definition) is 1. The number of carbonyl (C=O) groups excluding carboxylic acids is 1. The van der Waals surface area contributed by atoms with E-state index in [2.05, 4.69) is 20.1 Å². The molecule has 0 unspecified atom stereocenters. The van der Waals surface area contributed by atoms with Gasteiger partial charge in [0.1, 0.15) is 28.6 Å². The average molecular weight is 529 g/mol. The van der Waals surface area contributed by atoms with E-state index in [4.69, 9.17) is 14.8 Å². The molecule has 0 aliphatic carbocycles. The van der Waals surface area contributed by atoms with Gasteiger partial charge in [-0.25, -0.2) is 14.5 Å². The van der Waals surface area contributed by atoms with Crippen LogP contribution in [0.15, 0.2) is 55.0 Å². The average Bonchev–Trinajstić information content (AvgIpc) is 3.67. The van der Waals surface area contributed by atoms with Gasteiger partial charge in [0.25, 0.3) is 0 Å². The summed E-state index contributed by atoms with van der Waals surface area (Å²) in [6, 6.07) is 14.1. The number of rotatable bonds is 7. The molecule has 11 heteroatoms. The molecule has 1 N–H and O–H groups in total. The number of benzene rings is 1. The molecule has 5 aromatic rings. The van der Waals surface area contributed by atoms with Crippen LogP contribution in [0.25, 0.3) is 38.0 Å². The monoisotopic (exact) mass is 528 g/mol. The summed E-state index contributed by atoms with van der Waals surface area (Å²) in [5.74, 6) is 1.55. The number of nitrogens with one attached hydrogen (secondary N) is 1. The van der Waals surface area contributed by atoms with Crippen LogP contribution < -0.4 is 4.74 Å². The Balaban J connectivity index is 1.26. The third-order valence-electron chi connectivity index (χ3n) is 6.78. The standard InChI is InChI=1S/C27H28N8O2S/c1-18-23(27-30-24(20-6-4-3-5-7-20)25(38-27)26-28-17-29-31-26)22-16-21(8-9-35(22)32-18)37-15-14-33-10-12-34(13-11-33)19(2)36/h3-9,16-17H,10-15H2,1-2H3,(H,28,29,31). The van der Waals surface area contributed by atoms with Crippen LogP contribution in [0.3, 0.4) is 0 Å². The number of fused-ring (bicyclic) bond motifs is 1. The molecule has 5 heterocycles. The number of nitrogens with zero attached hydrogens (tertiary/aromatic N) is 7. The van der Waals surface area contributed by atoms with Gasteiger partial charge < -0.3 is 9.64 Å². The van der Waals surface area contributed by atoms with Crippen LogP contribution >= 0.6 is 11.3 Å². The minimum atomic E-state index is 0.143. The van der Waals surface area contributed by atoms with Crippen molar-refractivity contribution in [2.45, 2.75) is 13.8 Å². The van der Waals surface area contributed by atoms with E-state index in [0.717, 1.165) is 76.4 Å². The Morgan fingerprint density at radius 2 is 1.95 bits per heavy atom. The first-order valence-corrected chi connectivity index (χ1v) is 13.4. The van der Waals surface area contributed by atoms with Crippen molar-refractivity contribution in [3.05, 3.63) is 60.7 Å². The van der Waals surface area contributed by atoms with Crippen LogP contribution in [0, 0.1) is 6.92 Å². The lowest BCUT2D eigenvalue weighted by molar-refractivity contribution is -0.130. The van der Waals surface area contributed by atoms with E-state index < -0.39 is 0 Å². The molecule has 38 heavy (non-hydrogen) atoms. The van der Waals surface area contributed by atoms with Gasteiger partial charge in [-0.2, -0.15) is 10.2 Å². The highest BCUT2D eigenvalue weighted by atomic mass is 32.1. The Bertz CT molecular complexity index is 1550. The highest BCUT2D eigenvalue weighted by Gasteiger charge is 2.23. The SMILES string of the molecule is CC(=O)N1CCN(CCOc2ccn3nc(C)c(-c4nc(-c5ccccc5)c(-c5nc[nH]n5)s4)c3c2)CC1. The number of pyridine rings is 1. The molecule has 1 amide bonds. The van der Waals surface area contributed by atoms with Crippen molar-refractivity contribution >= 4 is 22.8 Å². The number of hydrogen-bond acceptors (Lipinski definition) is 8. The largest absolute Gasteiger partial charge is 0.492 e. The fourth-order valence-electron chi connectivity index (χ4n) is 4.77. The van der Waals surface area contributed by atoms with E-state index >= 15 is 0 Å². The third kappa shape index (κ3) is 4.77. The number of piperazine rings is 1. The number of amides is 1. The predicted octanol–water partition coefficient (Wildman–Crippen LogP) is 3.76. The summed E-state index contributed by atoms with van der Waals surface area (Å²) in [6.45, 7) is 8.30. The summed E-state index contributed by atoms with van der Waals surface area (Å²) in [6.07, 6.45) is 3.51. The number of aromatic nitrogens is 6. The van der Waals surface area contributed by atoms with E-state index in [9.17, 15) is 4.79 Å². The molecule has 4 aromatic heterocycles. The molecule has 0 radical (unpaired) electrons. The minimum absolute atomic E-state index is 0.143. The highest BCUT2D eigenvalue weighted by Crippen LogP contribution is 2.41. The summed E-state index contributed by atoms with van der Waals surface area (Å²) in [7, 11) is 0. The topological polar surface area (TPSA) is 105 Å². The van der Waals surface area contributed by atoms with E-state index in [1.54, 1.807) is 24.6 Å². The Kier molecular flexibility index (Phi) is 6.61. The lowest BCUT2D eigenvalue weighted by Crippen LogP contribution is -2.48. The normalized spacial score (nSPS) is 14.3. The van der Waals surface area contributed by atoms with E-state index in [1.165, 1.54) is 0 Å². The zero-order chi connectivity index (χ0) is 26.1. The molecule has 1 fully saturated rings. The number of aromatic amines is 1. The maximum atomic E-state index is 11.6. The maximum absolute atomic E-state index is 11.6. The molecule has 194 valence electrons. The van der Waals surface area contributed by atoms with Gasteiger partial charge in [0.05, 0.1) is 22.5 Å². The molecular weight excluding hydrogens is 500 g/mol. The second-order valence-electron chi connectivity index (χ2n) is 9.23. The van der Waals surface area contributed by atoms with Gasteiger partial charge in [0.15, 0.2) is 5.82 Å². The zero-order valence-electron chi connectivity index (χ0n) is 21.3. The van der Waals surface area contributed by atoms with Crippen molar-refractivity contribution in [3.8, 4) is 38.3 Å². The lowest BCUT2D eigenvalue weighted by atomic mass is 10.1. The van der Waals surface area contributed by atoms with Crippen LogP contribution in [-0.4, -0.2) is 84.8 Å². The first kappa shape index (κ1) is 24.3. The van der Waals surface area contributed by atoms with Gasteiger partial charge in [-0.15, -0.1) is 11.3 Å². The summed E-state index contributed by atoms with van der Waals surface area (Å²) in [5.41, 5.74) is 4.66. The number of ether oxygens (including phenoxy) is 1. The zero-order valence-corrected chi connectivity index (χ0v) is 22.1. The van der Waals surface area contributed by atoms with Crippen LogP contribution in [0.2, 0.25) is 0 Å². The fourth-order valence-corrected chi connectivity index (χ4v) is 5.90. The Labute approximate surface area is 223 Å². The quantitative estimate of drug-likeness (QED) is 0.343. The fraction of sp³-hybridized carbons (Fsp3) is 0.296. The number of carbonyl (C=O) groups is 1. The highest BCUT2D eigenvalue weighted by molar-refractivity contribution is 7.19. The summed E-state index contributed by atoms with van der Waals surface area (Å²) in [4.78, 5) is 26.1. The second kappa shape index (κ2) is 10.3. The number of aryl methyl sites for hydroxylation is 1. The molecule has 0 bridgehead atoms.